The van der Waals surface area contributed by atoms with Crippen molar-refractivity contribution in [1.82, 2.24) is 9.78 Å². The van der Waals surface area contributed by atoms with Gasteiger partial charge in [0.25, 0.3) is 0 Å². The van der Waals surface area contributed by atoms with Gasteiger partial charge in [0.15, 0.2) is 0 Å². The summed E-state index contributed by atoms with van der Waals surface area (Å²) in [6.07, 6.45) is 0. The molecule has 0 aliphatic carbocycles. The SMILES string of the molecule is COc1ccc(NCc2c(C)nn(CCO)c2C)cc1. The van der Waals surface area contributed by atoms with E-state index in [0.29, 0.717) is 6.54 Å². The first-order valence-electron chi connectivity index (χ1n) is 6.67. The van der Waals surface area contributed by atoms with Crippen molar-refractivity contribution < 1.29 is 9.84 Å². The van der Waals surface area contributed by atoms with E-state index in [2.05, 4.69) is 10.4 Å². The summed E-state index contributed by atoms with van der Waals surface area (Å²) in [5.74, 6) is 0.846. The fourth-order valence-electron chi connectivity index (χ4n) is 2.20. The molecule has 0 atom stereocenters. The third-order valence-electron chi connectivity index (χ3n) is 3.40. The maximum Gasteiger partial charge on any atom is 0.119 e. The quantitative estimate of drug-likeness (QED) is 0.847. The van der Waals surface area contributed by atoms with Crippen LogP contribution in [0.15, 0.2) is 24.3 Å². The van der Waals surface area contributed by atoms with Crippen LogP contribution >= 0.6 is 0 Å². The zero-order chi connectivity index (χ0) is 14.5. The van der Waals surface area contributed by atoms with Crippen LogP contribution in [0.2, 0.25) is 0 Å². The van der Waals surface area contributed by atoms with E-state index in [4.69, 9.17) is 9.84 Å². The highest BCUT2D eigenvalue weighted by Crippen LogP contribution is 2.18. The average molecular weight is 275 g/mol. The van der Waals surface area contributed by atoms with Crippen LogP contribution < -0.4 is 10.1 Å². The number of benzene rings is 1. The van der Waals surface area contributed by atoms with Crippen molar-refractivity contribution in [3.8, 4) is 5.75 Å². The molecular weight excluding hydrogens is 254 g/mol. The number of methoxy groups -OCH3 is 1. The third-order valence-corrected chi connectivity index (χ3v) is 3.40. The molecule has 5 nitrogen and oxygen atoms in total. The number of rotatable bonds is 6. The summed E-state index contributed by atoms with van der Waals surface area (Å²) in [5, 5.41) is 16.8. The Bertz CT molecular complexity index is 561. The number of nitrogens with zero attached hydrogens (tertiary/aromatic N) is 2. The summed E-state index contributed by atoms with van der Waals surface area (Å²) in [6.45, 7) is 5.38. The Morgan fingerprint density at radius 2 is 1.95 bits per heavy atom. The van der Waals surface area contributed by atoms with Crippen LogP contribution in [0.3, 0.4) is 0 Å². The molecule has 1 aromatic carbocycles. The van der Waals surface area contributed by atoms with Gasteiger partial charge in [-0.15, -0.1) is 0 Å². The lowest BCUT2D eigenvalue weighted by atomic mass is 10.2. The molecule has 20 heavy (non-hydrogen) atoms. The second-order valence-electron chi connectivity index (χ2n) is 4.68. The predicted molar refractivity (Wildman–Crippen MR) is 79.1 cm³/mol. The van der Waals surface area contributed by atoms with Crippen LogP contribution in [0, 0.1) is 13.8 Å². The standard InChI is InChI=1S/C15H21N3O2/c1-11-15(12(2)18(17-11)8-9-19)10-16-13-4-6-14(20-3)7-5-13/h4-7,16,19H,8-10H2,1-3H3. The van der Waals surface area contributed by atoms with Crippen molar-refractivity contribution in [2.24, 2.45) is 0 Å². The summed E-state index contributed by atoms with van der Waals surface area (Å²) in [5.41, 5.74) is 4.31. The Labute approximate surface area is 119 Å². The molecule has 0 spiro atoms. The summed E-state index contributed by atoms with van der Waals surface area (Å²) >= 11 is 0. The topological polar surface area (TPSA) is 59.3 Å². The first kappa shape index (κ1) is 14.4. The van der Waals surface area contributed by atoms with Crippen molar-refractivity contribution >= 4 is 5.69 Å². The molecule has 0 fully saturated rings. The minimum absolute atomic E-state index is 0.104. The summed E-state index contributed by atoms with van der Waals surface area (Å²) in [4.78, 5) is 0. The number of aliphatic hydroxyl groups is 1. The number of nitrogens with one attached hydrogen (secondary N) is 1. The van der Waals surface area contributed by atoms with Crippen molar-refractivity contribution in [2.45, 2.75) is 26.9 Å². The van der Waals surface area contributed by atoms with Crippen LogP contribution in [0.5, 0.6) is 5.75 Å². The van der Waals surface area contributed by atoms with E-state index in [1.165, 1.54) is 5.56 Å². The van der Waals surface area contributed by atoms with Gasteiger partial charge in [0, 0.05) is 23.5 Å². The molecule has 2 rings (SSSR count). The highest BCUT2D eigenvalue weighted by molar-refractivity contribution is 5.47. The minimum atomic E-state index is 0.104. The second-order valence-corrected chi connectivity index (χ2v) is 4.68. The van der Waals surface area contributed by atoms with E-state index in [1.807, 2.05) is 42.8 Å². The van der Waals surface area contributed by atoms with E-state index < -0.39 is 0 Å². The molecule has 108 valence electrons. The summed E-state index contributed by atoms with van der Waals surface area (Å²) in [7, 11) is 1.66. The second kappa shape index (κ2) is 6.43. The molecule has 0 unspecified atom stereocenters. The first-order valence-corrected chi connectivity index (χ1v) is 6.67. The van der Waals surface area contributed by atoms with Gasteiger partial charge in [-0.05, 0) is 38.1 Å². The van der Waals surface area contributed by atoms with Gasteiger partial charge in [-0.25, -0.2) is 0 Å². The van der Waals surface area contributed by atoms with Crippen LogP contribution in [-0.4, -0.2) is 28.6 Å². The lowest BCUT2D eigenvalue weighted by molar-refractivity contribution is 0.268. The molecule has 0 saturated heterocycles. The number of anilines is 1. The highest BCUT2D eigenvalue weighted by atomic mass is 16.5. The van der Waals surface area contributed by atoms with Gasteiger partial charge in [-0.3, -0.25) is 4.68 Å². The first-order chi connectivity index (χ1) is 9.65. The van der Waals surface area contributed by atoms with E-state index in [1.54, 1.807) is 7.11 Å². The molecule has 0 aliphatic rings. The molecule has 0 bridgehead atoms. The predicted octanol–water partition coefficient (Wildman–Crippen LogP) is 2.11. The van der Waals surface area contributed by atoms with Crippen LogP contribution in [0.1, 0.15) is 17.0 Å². The fourth-order valence-corrected chi connectivity index (χ4v) is 2.20. The summed E-state index contributed by atoms with van der Waals surface area (Å²) in [6, 6.07) is 7.83. The summed E-state index contributed by atoms with van der Waals surface area (Å²) < 4.78 is 6.98. The maximum atomic E-state index is 9.01. The highest BCUT2D eigenvalue weighted by Gasteiger charge is 2.10. The molecule has 0 aliphatic heterocycles. The lowest BCUT2D eigenvalue weighted by Gasteiger charge is -2.08. The molecule has 0 radical (unpaired) electrons. The van der Waals surface area contributed by atoms with Gasteiger partial charge in [0.2, 0.25) is 0 Å². The zero-order valence-corrected chi connectivity index (χ0v) is 12.2. The van der Waals surface area contributed by atoms with Gasteiger partial charge in [0.05, 0.1) is 26.0 Å². The number of aromatic nitrogens is 2. The van der Waals surface area contributed by atoms with Crippen molar-refractivity contribution in [1.29, 1.82) is 0 Å². The van der Waals surface area contributed by atoms with Gasteiger partial charge in [-0.1, -0.05) is 0 Å². The molecule has 2 N–H and O–H groups in total. The molecule has 0 amide bonds. The van der Waals surface area contributed by atoms with Gasteiger partial charge >= 0.3 is 0 Å². The Kier molecular flexibility index (Phi) is 4.63. The van der Waals surface area contributed by atoms with E-state index in [9.17, 15) is 0 Å². The van der Waals surface area contributed by atoms with E-state index in [-0.39, 0.29) is 6.61 Å². The molecule has 0 saturated carbocycles. The molecule has 1 heterocycles. The molecule has 2 aromatic rings. The fraction of sp³-hybridized carbons (Fsp3) is 0.400. The number of aryl methyl sites for hydroxylation is 1. The molecule has 1 aromatic heterocycles. The van der Waals surface area contributed by atoms with E-state index in [0.717, 1.165) is 29.4 Å². The largest absolute Gasteiger partial charge is 0.497 e. The van der Waals surface area contributed by atoms with Gasteiger partial charge in [0.1, 0.15) is 5.75 Å². The minimum Gasteiger partial charge on any atom is -0.497 e. The number of hydrogen-bond donors (Lipinski definition) is 2. The Morgan fingerprint density at radius 1 is 1.25 bits per heavy atom. The molecule has 5 heteroatoms. The van der Waals surface area contributed by atoms with E-state index >= 15 is 0 Å². The monoisotopic (exact) mass is 275 g/mol. The average Bonchev–Trinajstić information content (AvgIpc) is 2.72. The Hall–Kier alpha value is -2.01. The van der Waals surface area contributed by atoms with Gasteiger partial charge < -0.3 is 15.2 Å². The number of aliphatic hydroxyl groups excluding tert-OH is 1. The third kappa shape index (κ3) is 3.11. The Balaban J connectivity index is 2.06. The van der Waals surface area contributed by atoms with Crippen LogP contribution in [0.4, 0.5) is 5.69 Å². The van der Waals surface area contributed by atoms with Crippen molar-refractivity contribution in [3.63, 3.8) is 0 Å². The zero-order valence-electron chi connectivity index (χ0n) is 12.2. The van der Waals surface area contributed by atoms with Crippen LogP contribution in [0.25, 0.3) is 0 Å². The van der Waals surface area contributed by atoms with Gasteiger partial charge in [-0.2, -0.15) is 5.10 Å². The lowest BCUT2D eigenvalue weighted by Crippen LogP contribution is -2.07. The van der Waals surface area contributed by atoms with Crippen molar-refractivity contribution in [3.05, 3.63) is 41.2 Å². The molecular formula is C15H21N3O2. The maximum absolute atomic E-state index is 9.01. The van der Waals surface area contributed by atoms with Crippen molar-refractivity contribution in [2.75, 3.05) is 19.0 Å². The smallest absolute Gasteiger partial charge is 0.119 e. The Morgan fingerprint density at radius 3 is 2.55 bits per heavy atom. The number of ether oxygens (including phenoxy) is 1. The normalized spacial score (nSPS) is 10.6. The van der Waals surface area contributed by atoms with Crippen LogP contribution in [-0.2, 0) is 13.1 Å². The number of hydrogen-bond acceptors (Lipinski definition) is 4.